The molecule has 0 atom stereocenters. The summed E-state index contributed by atoms with van der Waals surface area (Å²) in [7, 11) is 0. The number of nitrogens with two attached hydrogens (primary N) is 1. The number of anilines is 1. The predicted molar refractivity (Wildman–Crippen MR) is 81.6 cm³/mol. The van der Waals surface area contributed by atoms with E-state index in [-0.39, 0.29) is 0 Å². The molecule has 0 unspecified atom stereocenters. The van der Waals surface area contributed by atoms with Crippen LogP contribution in [-0.2, 0) is 6.42 Å². The summed E-state index contributed by atoms with van der Waals surface area (Å²) in [5.41, 5.74) is 9.82. The molecule has 1 aromatic carbocycles. The molecule has 2 aromatic heterocycles. The number of hydrogen-bond donors (Lipinski definition) is 1. The van der Waals surface area contributed by atoms with Crippen molar-refractivity contribution in [3.05, 3.63) is 54.0 Å². The Morgan fingerprint density at radius 3 is 2.70 bits per heavy atom. The van der Waals surface area contributed by atoms with E-state index in [0.717, 1.165) is 34.7 Å². The molecule has 0 aliphatic heterocycles. The van der Waals surface area contributed by atoms with E-state index in [4.69, 9.17) is 10.7 Å². The lowest BCUT2D eigenvalue weighted by molar-refractivity contribution is 0.587. The van der Waals surface area contributed by atoms with Gasteiger partial charge < -0.3 is 10.3 Å². The summed E-state index contributed by atoms with van der Waals surface area (Å²) in [5, 5.41) is 0. The number of para-hydroxylation sites is 1. The highest BCUT2D eigenvalue weighted by Crippen LogP contribution is 2.22. The zero-order valence-corrected chi connectivity index (χ0v) is 11.7. The van der Waals surface area contributed by atoms with Gasteiger partial charge in [-0.15, -0.1) is 0 Å². The van der Waals surface area contributed by atoms with E-state index >= 15 is 0 Å². The molecule has 20 heavy (non-hydrogen) atoms. The van der Waals surface area contributed by atoms with Gasteiger partial charge in [-0.25, -0.2) is 9.97 Å². The Morgan fingerprint density at radius 2 is 1.95 bits per heavy atom. The van der Waals surface area contributed by atoms with Crippen molar-refractivity contribution >= 4 is 16.9 Å². The molecule has 0 aliphatic carbocycles. The van der Waals surface area contributed by atoms with Gasteiger partial charge in [0.2, 0.25) is 0 Å². The molecule has 3 aromatic rings. The van der Waals surface area contributed by atoms with Crippen LogP contribution >= 0.6 is 0 Å². The van der Waals surface area contributed by atoms with Gasteiger partial charge in [-0.05, 0) is 37.6 Å². The first-order valence-corrected chi connectivity index (χ1v) is 6.82. The number of nitrogen functional groups attached to an aromatic ring is 1. The van der Waals surface area contributed by atoms with Crippen LogP contribution in [0.25, 0.3) is 11.2 Å². The van der Waals surface area contributed by atoms with Crippen LogP contribution in [0.4, 0.5) is 5.69 Å². The topological polar surface area (TPSA) is 56.7 Å². The van der Waals surface area contributed by atoms with Gasteiger partial charge in [0, 0.05) is 24.3 Å². The fraction of sp³-hybridized carbons (Fsp3) is 0.250. The fourth-order valence-corrected chi connectivity index (χ4v) is 2.51. The molecule has 0 aliphatic rings. The van der Waals surface area contributed by atoms with Crippen molar-refractivity contribution in [1.29, 1.82) is 0 Å². The Kier molecular flexibility index (Phi) is 3.14. The normalized spacial score (nSPS) is 11.3. The van der Waals surface area contributed by atoms with Gasteiger partial charge in [0.15, 0.2) is 5.65 Å². The quantitative estimate of drug-likeness (QED) is 0.741. The largest absolute Gasteiger partial charge is 0.398 e. The third kappa shape index (κ3) is 2.13. The minimum absolute atomic E-state index is 0.315. The minimum Gasteiger partial charge on any atom is -0.398 e. The van der Waals surface area contributed by atoms with Gasteiger partial charge in [0.1, 0.15) is 11.3 Å². The van der Waals surface area contributed by atoms with Crippen LogP contribution in [0.3, 0.4) is 0 Å². The third-order valence-electron chi connectivity index (χ3n) is 3.44. The summed E-state index contributed by atoms with van der Waals surface area (Å²) in [4.78, 5) is 9.17. The molecule has 0 saturated carbocycles. The van der Waals surface area contributed by atoms with Crippen molar-refractivity contribution in [3.63, 3.8) is 0 Å². The Labute approximate surface area is 118 Å². The van der Waals surface area contributed by atoms with Gasteiger partial charge >= 0.3 is 0 Å². The zero-order valence-electron chi connectivity index (χ0n) is 11.7. The predicted octanol–water partition coefficient (Wildman–Crippen LogP) is 3.19. The number of nitrogens with zero attached hydrogens (tertiary/aromatic N) is 3. The third-order valence-corrected chi connectivity index (χ3v) is 3.44. The van der Waals surface area contributed by atoms with Gasteiger partial charge in [0.05, 0.1) is 0 Å². The second kappa shape index (κ2) is 4.96. The summed E-state index contributed by atoms with van der Waals surface area (Å²) in [5.74, 6) is 1.01. The van der Waals surface area contributed by atoms with E-state index in [9.17, 15) is 0 Å². The second-order valence-electron chi connectivity index (χ2n) is 5.21. The molecular formula is C16H18N4. The number of pyridine rings is 1. The molecular weight excluding hydrogens is 248 g/mol. The highest BCUT2D eigenvalue weighted by atomic mass is 15.1. The molecule has 4 heteroatoms. The first-order chi connectivity index (χ1) is 9.66. The van der Waals surface area contributed by atoms with Crippen LogP contribution in [0.5, 0.6) is 0 Å². The average molecular weight is 266 g/mol. The first-order valence-electron chi connectivity index (χ1n) is 6.82. The number of benzene rings is 1. The van der Waals surface area contributed by atoms with E-state index in [0.29, 0.717) is 6.04 Å². The highest BCUT2D eigenvalue weighted by Gasteiger charge is 2.15. The van der Waals surface area contributed by atoms with Crippen LogP contribution in [0, 0.1) is 0 Å². The smallest absolute Gasteiger partial charge is 0.160 e. The van der Waals surface area contributed by atoms with Crippen LogP contribution < -0.4 is 5.73 Å². The molecule has 0 fully saturated rings. The molecule has 0 spiro atoms. The molecule has 0 amide bonds. The highest BCUT2D eigenvalue weighted by molar-refractivity contribution is 5.71. The zero-order chi connectivity index (χ0) is 14.1. The number of fused-ring (bicyclic) bond motifs is 1. The van der Waals surface area contributed by atoms with E-state index in [1.54, 1.807) is 0 Å². The maximum atomic E-state index is 6.04. The molecule has 2 N–H and O–H groups in total. The standard InChI is InChI=1S/C16H18N4/c1-11(2)20-15(10-12-6-3-4-7-13(12)17)19-14-8-5-9-18-16(14)20/h3-9,11H,10,17H2,1-2H3. The van der Waals surface area contributed by atoms with Crippen molar-refractivity contribution in [2.24, 2.45) is 0 Å². The Bertz CT molecular complexity index is 743. The first kappa shape index (κ1) is 12.7. The molecule has 4 nitrogen and oxygen atoms in total. The Balaban J connectivity index is 2.12. The lowest BCUT2D eigenvalue weighted by Gasteiger charge is -2.13. The molecule has 0 radical (unpaired) electrons. The summed E-state index contributed by atoms with van der Waals surface area (Å²) >= 11 is 0. The van der Waals surface area contributed by atoms with E-state index in [2.05, 4.69) is 23.4 Å². The lowest BCUT2D eigenvalue weighted by Crippen LogP contribution is -2.08. The van der Waals surface area contributed by atoms with Crippen molar-refractivity contribution < 1.29 is 0 Å². The summed E-state index contributed by atoms with van der Waals surface area (Å²) in [6, 6.07) is 12.2. The van der Waals surface area contributed by atoms with Crippen molar-refractivity contribution in [2.45, 2.75) is 26.3 Å². The van der Waals surface area contributed by atoms with Gasteiger partial charge in [-0.1, -0.05) is 18.2 Å². The molecule has 0 bridgehead atoms. The SMILES string of the molecule is CC(C)n1c(Cc2ccccc2N)nc2cccnc21. The molecule has 102 valence electrons. The van der Waals surface area contributed by atoms with Crippen LogP contribution in [-0.4, -0.2) is 14.5 Å². The molecule has 3 rings (SSSR count). The Hall–Kier alpha value is -2.36. The van der Waals surface area contributed by atoms with Crippen LogP contribution in [0.2, 0.25) is 0 Å². The van der Waals surface area contributed by atoms with Crippen LogP contribution in [0.1, 0.15) is 31.3 Å². The van der Waals surface area contributed by atoms with E-state index in [1.165, 1.54) is 0 Å². The number of rotatable bonds is 3. The molecule has 2 heterocycles. The number of hydrogen-bond acceptors (Lipinski definition) is 3. The lowest BCUT2D eigenvalue weighted by atomic mass is 10.1. The van der Waals surface area contributed by atoms with Gasteiger partial charge in [-0.2, -0.15) is 0 Å². The fourth-order valence-electron chi connectivity index (χ4n) is 2.51. The Morgan fingerprint density at radius 1 is 1.15 bits per heavy atom. The van der Waals surface area contributed by atoms with Crippen molar-refractivity contribution in [2.75, 3.05) is 5.73 Å². The van der Waals surface area contributed by atoms with E-state index < -0.39 is 0 Å². The number of aromatic nitrogens is 3. The average Bonchev–Trinajstić information content (AvgIpc) is 2.79. The van der Waals surface area contributed by atoms with Crippen molar-refractivity contribution in [3.8, 4) is 0 Å². The summed E-state index contributed by atoms with van der Waals surface area (Å²) in [6.45, 7) is 4.29. The summed E-state index contributed by atoms with van der Waals surface area (Å²) < 4.78 is 2.18. The minimum atomic E-state index is 0.315. The maximum Gasteiger partial charge on any atom is 0.160 e. The summed E-state index contributed by atoms with van der Waals surface area (Å²) in [6.07, 6.45) is 2.53. The molecule has 0 saturated heterocycles. The number of imidazole rings is 1. The van der Waals surface area contributed by atoms with Crippen LogP contribution in [0.15, 0.2) is 42.6 Å². The van der Waals surface area contributed by atoms with Gasteiger partial charge in [-0.3, -0.25) is 0 Å². The van der Waals surface area contributed by atoms with Gasteiger partial charge in [0.25, 0.3) is 0 Å². The second-order valence-corrected chi connectivity index (χ2v) is 5.21. The monoisotopic (exact) mass is 266 g/mol. The van der Waals surface area contributed by atoms with E-state index in [1.807, 2.05) is 42.6 Å². The van der Waals surface area contributed by atoms with Crippen molar-refractivity contribution in [1.82, 2.24) is 14.5 Å². The maximum absolute atomic E-state index is 6.04.